The number of nitrogens with one attached hydrogen (secondary N) is 1. The quantitative estimate of drug-likeness (QED) is 0.617. The second-order valence-corrected chi connectivity index (χ2v) is 6.61. The van der Waals surface area contributed by atoms with Crippen molar-refractivity contribution in [3.63, 3.8) is 0 Å². The number of amides is 1. The summed E-state index contributed by atoms with van der Waals surface area (Å²) in [6.07, 6.45) is 1.14. The minimum absolute atomic E-state index is 0.211. The number of oxime groups is 2. The lowest BCUT2D eigenvalue weighted by molar-refractivity contribution is -0.114. The maximum Gasteiger partial charge on any atom is 0.273 e. The third kappa shape index (κ3) is 4.13. The number of benzene rings is 1. The van der Waals surface area contributed by atoms with Crippen molar-refractivity contribution in [2.45, 2.75) is 33.8 Å². The Kier molecular flexibility index (Phi) is 5.59. The fraction of sp³-hybridized carbons (Fsp3) is 0.500. The van der Waals surface area contributed by atoms with Gasteiger partial charge in [0.25, 0.3) is 5.91 Å². The molecule has 1 aliphatic rings. The molecule has 0 aliphatic heterocycles. The Labute approximate surface area is 142 Å². The van der Waals surface area contributed by atoms with Crippen LogP contribution in [0.4, 0.5) is 0 Å². The molecule has 0 radical (unpaired) electrons. The largest absolute Gasteiger partial charge is 0.398 e. The molecule has 2 rings (SSSR count). The van der Waals surface area contributed by atoms with Crippen LogP contribution in [0.3, 0.4) is 0 Å². The van der Waals surface area contributed by atoms with E-state index in [9.17, 15) is 4.79 Å². The molecule has 1 amide bonds. The molecule has 24 heavy (non-hydrogen) atoms. The van der Waals surface area contributed by atoms with Gasteiger partial charge in [0, 0.05) is 24.1 Å². The van der Waals surface area contributed by atoms with Crippen LogP contribution < -0.4 is 5.32 Å². The van der Waals surface area contributed by atoms with Gasteiger partial charge in [-0.15, -0.1) is 0 Å². The lowest BCUT2D eigenvalue weighted by Gasteiger charge is -2.10. The molecule has 0 saturated heterocycles. The minimum atomic E-state index is -0.316. The molecule has 6 nitrogen and oxygen atoms in total. The van der Waals surface area contributed by atoms with Crippen molar-refractivity contribution in [3.8, 4) is 0 Å². The van der Waals surface area contributed by atoms with Gasteiger partial charge in [-0.1, -0.05) is 48.4 Å². The molecule has 1 saturated carbocycles. The first-order valence-corrected chi connectivity index (χ1v) is 7.98. The lowest BCUT2D eigenvalue weighted by Crippen LogP contribution is -2.29. The van der Waals surface area contributed by atoms with E-state index in [1.807, 2.05) is 31.2 Å². The predicted octanol–water partition coefficient (Wildman–Crippen LogP) is 2.72. The van der Waals surface area contributed by atoms with Crippen LogP contribution in [0.2, 0.25) is 0 Å². The van der Waals surface area contributed by atoms with Gasteiger partial charge in [0.05, 0.1) is 5.71 Å². The molecular weight excluding hydrogens is 306 g/mol. The summed E-state index contributed by atoms with van der Waals surface area (Å²) in [5, 5.41) is 10.6. The summed E-state index contributed by atoms with van der Waals surface area (Å²) in [5.74, 6) is 0.174. The minimum Gasteiger partial charge on any atom is -0.398 e. The number of likely N-dealkylation sites (N-methyl/N-ethyl adjacent to an activating group) is 1. The molecule has 6 heteroatoms. The van der Waals surface area contributed by atoms with Gasteiger partial charge in [-0.3, -0.25) is 4.79 Å². The Balaban J connectivity index is 2.13. The number of carbonyl (C=O) groups excluding carboxylic acids is 1. The Morgan fingerprint density at radius 2 is 2.00 bits per heavy atom. The molecular formula is C18H25N3O3. The monoisotopic (exact) mass is 331 g/mol. The first kappa shape index (κ1) is 18.0. The summed E-state index contributed by atoms with van der Waals surface area (Å²) in [6.45, 7) is 6.71. The summed E-state index contributed by atoms with van der Waals surface area (Å²) >= 11 is 0. The van der Waals surface area contributed by atoms with Crippen LogP contribution in [0.1, 0.15) is 38.3 Å². The second-order valence-electron chi connectivity index (χ2n) is 6.61. The molecule has 130 valence electrons. The van der Waals surface area contributed by atoms with E-state index < -0.39 is 0 Å². The molecule has 1 N–H and O–H groups in total. The Morgan fingerprint density at radius 1 is 1.33 bits per heavy atom. The first-order valence-electron chi connectivity index (χ1n) is 7.98. The van der Waals surface area contributed by atoms with E-state index in [1.165, 1.54) is 7.11 Å². The summed E-state index contributed by atoms with van der Waals surface area (Å²) in [4.78, 5) is 22.3. The second kappa shape index (κ2) is 7.47. The summed E-state index contributed by atoms with van der Waals surface area (Å²) in [6, 6.07) is 7.42. The van der Waals surface area contributed by atoms with Crippen LogP contribution in [-0.2, 0) is 21.1 Å². The molecule has 1 aromatic carbocycles. The molecule has 1 fully saturated rings. The van der Waals surface area contributed by atoms with Crippen molar-refractivity contribution in [1.29, 1.82) is 0 Å². The predicted molar refractivity (Wildman–Crippen MR) is 93.8 cm³/mol. The highest BCUT2D eigenvalue weighted by Crippen LogP contribution is 2.52. The van der Waals surface area contributed by atoms with Crippen LogP contribution in [0.5, 0.6) is 0 Å². The Bertz CT molecular complexity index is 665. The Hall–Kier alpha value is -2.37. The maximum absolute atomic E-state index is 12.0. The van der Waals surface area contributed by atoms with E-state index in [-0.39, 0.29) is 18.2 Å². The summed E-state index contributed by atoms with van der Waals surface area (Å²) in [5.41, 5.74) is 3.03. The van der Waals surface area contributed by atoms with Crippen LogP contribution in [0.15, 0.2) is 34.6 Å². The highest BCUT2D eigenvalue weighted by atomic mass is 16.6. The molecule has 0 aromatic heterocycles. The standard InChI is InChI=1S/C18H25N3O3/c1-12(15-10-18(15,2)3)20-24-11-13-8-6-7-9-14(13)16(21-23-5)17(22)19-4/h6-9,15H,10-11H2,1-5H3,(H,19,22)/b20-12+,21-16+. The summed E-state index contributed by atoms with van der Waals surface area (Å²) in [7, 11) is 2.96. The van der Waals surface area contributed by atoms with Gasteiger partial charge in [-0.25, -0.2) is 0 Å². The molecule has 1 atom stereocenters. The van der Waals surface area contributed by atoms with E-state index in [1.54, 1.807) is 7.05 Å². The fourth-order valence-electron chi connectivity index (χ4n) is 2.75. The zero-order valence-electron chi connectivity index (χ0n) is 14.9. The lowest BCUT2D eigenvalue weighted by atomic mass is 10.0. The fourth-order valence-corrected chi connectivity index (χ4v) is 2.75. The van der Waals surface area contributed by atoms with Crippen molar-refractivity contribution >= 4 is 17.3 Å². The van der Waals surface area contributed by atoms with Gasteiger partial charge in [-0.2, -0.15) is 0 Å². The number of rotatable bonds is 7. The highest BCUT2D eigenvalue weighted by molar-refractivity contribution is 6.45. The molecule has 1 aliphatic carbocycles. The van der Waals surface area contributed by atoms with Gasteiger partial charge < -0.3 is 15.0 Å². The molecule has 0 spiro atoms. The first-order chi connectivity index (χ1) is 11.4. The Morgan fingerprint density at radius 3 is 2.58 bits per heavy atom. The van der Waals surface area contributed by atoms with Crippen LogP contribution in [-0.4, -0.2) is 31.5 Å². The molecule has 0 bridgehead atoms. The SMILES string of the molecule is CNC(=O)/C(=N/OC)c1ccccc1CO/N=C(\C)C1CC1(C)C. The highest BCUT2D eigenvalue weighted by Gasteiger charge is 2.47. The zero-order valence-corrected chi connectivity index (χ0v) is 14.9. The van der Waals surface area contributed by atoms with Crippen molar-refractivity contribution in [1.82, 2.24) is 5.32 Å². The third-order valence-corrected chi connectivity index (χ3v) is 4.34. The normalized spacial score (nSPS) is 19.6. The van der Waals surface area contributed by atoms with E-state index in [4.69, 9.17) is 9.68 Å². The van der Waals surface area contributed by atoms with Gasteiger partial charge in [0.1, 0.15) is 13.7 Å². The van der Waals surface area contributed by atoms with Crippen LogP contribution >= 0.6 is 0 Å². The topological polar surface area (TPSA) is 72.3 Å². The van der Waals surface area contributed by atoms with Gasteiger partial charge in [-0.05, 0) is 18.8 Å². The number of carbonyl (C=O) groups is 1. The van der Waals surface area contributed by atoms with Crippen molar-refractivity contribution in [2.24, 2.45) is 21.6 Å². The van der Waals surface area contributed by atoms with E-state index in [0.717, 1.165) is 17.7 Å². The smallest absolute Gasteiger partial charge is 0.273 e. The van der Waals surface area contributed by atoms with Gasteiger partial charge >= 0.3 is 0 Å². The third-order valence-electron chi connectivity index (χ3n) is 4.34. The van der Waals surface area contributed by atoms with E-state index >= 15 is 0 Å². The van der Waals surface area contributed by atoms with Crippen LogP contribution in [0, 0.1) is 11.3 Å². The number of hydrogen-bond acceptors (Lipinski definition) is 5. The summed E-state index contributed by atoms with van der Waals surface area (Å²) < 4.78 is 0. The van der Waals surface area contributed by atoms with Gasteiger partial charge in [0.15, 0.2) is 5.71 Å². The van der Waals surface area contributed by atoms with Crippen molar-refractivity contribution in [3.05, 3.63) is 35.4 Å². The van der Waals surface area contributed by atoms with Crippen LogP contribution in [0.25, 0.3) is 0 Å². The molecule has 1 unspecified atom stereocenters. The van der Waals surface area contributed by atoms with E-state index in [2.05, 4.69) is 29.5 Å². The maximum atomic E-state index is 12.0. The average Bonchev–Trinajstić information content (AvgIpc) is 3.21. The molecule has 0 heterocycles. The van der Waals surface area contributed by atoms with Crippen molar-refractivity contribution in [2.75, 3.05) is 14.2 Å². The van der Waals surface area contributed by atoms with Gasteiger partial charge in [0.2, 0.25) is 0 Å². The average molecular weight is 331 g/mol. The number of hydrogen-bond donors (Lipinski definition) is 1. The number of nitrogens with zero attached hydrogens (tertiary/aromatic N) is 2. The zero-order chi connectivity index (χ0) is 17.7. The van der Waals surface area contributed by atoms with E-state index in [0.29, 0.717) is 16.9 Å². The van der Waals surface area contributed by atoms with Crippen molar-refractivity contribution < 1.29 is 14.5 Å². The molecule has 1 aromatic rings.